The van der Waals surface area contributed by atoms with Gasteiger partial charge < -0.3 is 44.7 Å². The first-order valence-electron chi connectivity index (χ1n) is 10.9. The Bertz CT molecular complexity index is 967. The second-order valence-corrected chi connectivity index (χ2v) is 9.15. The van der Waals surface area contributed by atoms with E-state index in [0.29, 0.717) is 0 Å². The number of para-hydroxylation sites is 2. The number of amides is 3. The van der Waals surface area contributed by atoms with E-state index < -0.39 is 60.0 Å². The predicted octanol–water partition coefficient (Wildman–Crippen LogP) is -0.0404. The summed E-state index contributed by atoms with van der Waals surface area (Å²) in [5.74, 6) is -3.68. The van der Waals surface area contributed by atoms with Gasteiger partial charge in [-0.05, 0) is 39.8 Å². The summed E-state index contributed by atoms with van der Waals surface area (Å²) in [6.07, 6.45) is -3.87. The van der Waals surface area contributed by atoms with Crippen LogP contribution in [0.25, 0.3) is 0 Å². The van der Waals surface area contributed by atoms with Crippen LogP contribution in [0, 0.1) is 0 Å². The fraction of sp³-hybridized carbons (Fsp3) is 0.591. The molecule has 34 heavy (non-hydrogen) atoms. The second kappa shape index (κ2) is 9.12. The van der Waals surface area contributed by atoms with Gasteiger partial charge in [0.15, 0.2) is 24.0 Å². The third-order valence-electron chi connectivity index (χ3n) is 5.46. The zero-order chi connectivity index (χ0) is 24.7. The number of phenolic OH excluding ortho intramolecular Hbond substituents is 1. The van der Waals surface area contributed by atoms with Crippen LogP contribution in [0.2, 0.25) is 0 Å². The van der Waals surface area contributed by atoms with Crippen molar-refractivity contribution >= 4 is 23.4 Å². The van der Waals surface area contributed by atoms with E-state index in [9.17, 15) is 19.5 Å². The fourth-order valence-electron chi connectivity index (χ4n) is 4.11. The SMILES string of the molecule is CC1(C)O[C@H]2OC(C(=O)NCC(=O)NCC(=O)Nc3ccccc3O)[C@@H]3OC(C)(C)O[C@@H]3[C@H]2O1. The van der Waals surface area contributed by atoms with Gasteiger partial charge in [0.25, 0.3) is 5.91 Å². The standard InChI is InChI=1S/C22H29N3O9/c1-21(2)31-15-16(32-21)18-20(34-22(3,4)33-18)30-17(15)19(29)24-9-13(27)23-10-14(28)25-11-7-5-6-8-12(11)26/h5-8,15-18,20,26H,9-10H2,1-4H3,(H,23,27)(H,24,29)(H,25,28)/t15-,16+,17?,18-,20-/m1/s1. The molecule has 0 bridgehead atoms. The number of hydrogen-bond acceptors (Lipinski definition) is 9. The number of hydrogen-bond donors (Lipinski definition) is 4. The third-order valence-corrected chi connectivity index (χ3v) is 5.46. The lowest BCUT2D eigenvalue weighted by Crippen LogP contribution is -2.60. The summed E-state index contributed by atoms with van der Waals surface area (Å²) in [5, 5.41) is 17.1. The zero-order valence-electron chi connectivity index (χ0n) is 19.3. The van der Waals surface area contributed by atoms with Gasteiger partial charge in [-0.25, -0.2) is 0 Å². The quantitative estimate of drug-likeness (QED) is 0.412. The molecule has 186 valence electrons. The molecule has 12 nitrogen and oxygen atoms in total. The van der Waals surface area contributed by atoms with Crippen LogP contribution in [0.1, 0.15) is 27.7 Å². The Labute approximate surface area is 196 Å². The van der Waals surface area contributed by atoms with Gasteiger partial charge in [0.2, 0.25) is 11.8 Å². The van der Waals surface area contributed by atoms with Crippen molar-refractivity contribution in [3.8, 4) is 5.75 Å². The Hall–Kier alpha value is -2.77. The molecule has 12 heteroatoms. The second-order valence-electron chi connectivity index (χ2n) is 9.15. The lowest BCUT2D eigenvalue weighted by atomic mass is 9.98. The summed E-state index contributed by atoms with van der Waals surface area (Å²) in [7, 11) is 0. The number of aromatic hydroxyl groups is 1. The minimum atomic E-state index is -1.09. The third kappa shape index (κ3) is 5.31. The van der Waals surface area contributed by atoms with Crippen molar-refractivity contribution in [2.75, 3.05) is 18.4 Å². The molecule has 3 amide bonds. The van der Waals surface area contributed by atoms with Crippen molar-refractivity contribution in [2.45, 2.75) is 70.0 Å². The van der Waals surface area contributed by atoms with Gasteiger partial charge in [-0.2, -0.15) is 0 Å². The van der Waals surface area contributed by atoms with Crippen LogP contribution >= 0.6 is 0 Å². The van der Waals surface area contributed by atoms with E-state index in [1.807, 2.05) is 0 Å². The van der Waals surface area contributed by atoms with Crippen LogP contribution in [-0.4, -0.2) is 78.2 Å². The maximum Gasteiger partial charge on any atom is 0.252 e. The molecule has 4 N–H and O–H groups in total. The van der Waals surface area contributed by atoms with E-state index in [1.165, 1.54) is 12.1 Å². The Balaban J connectivity index is 1.29. The van der Waals surface area contributed by atoms with E-state index >= 15 is 0 Å². The molecule has 0 aliphatic carbocycles. The Kier molecular flexibility index (Phi) is 6.53. The number of ether oxygens (including phenoxy) is 5. The minimum Gasteiger partial charge on any atom is -0.506 e. The van der Waals surface area contributed by atoms with Crippen LogP contribution in [0.5, 0.6) is 5.75 Å². The monoisotopic (exact) mass is 479 g/mol. The zero-order valence-corrected chi connectivity index (χ0v) is 19.3. The van der Waals surface area contributed by atoms with Gasteiger partial charge in [0.1, 0.15) is 24.1 Å². The molecule has 3 heterocycles. The molecule has 3 aliphatic rings. The molecule has 3 saturated heterocycles. The van der Waals surface area contributed by atoms with Crippen LogP contribution in [0.3, 0.4) is 0 Å². The minimum absolute atomic E-state index is 0.0937. The summed E-state index contributed by atoms with van der Waals surface area (Å²) in [6.45, 7) is 6.19. The van der Waals surface area contributed by atoms with Gasteiger partial charge in [0, 0.05) is 0 Å². The first-order valence-corrected chi connectivity index (χ1v) is 10.9. The van der Waals surface area contributed by atoms with Crippen molar-refractivity contribution in [2.24, 2.45) is 0 Å². The maximum absolute atomic E-state index is 12.9. The van der Waals surface area contributed by atoms with Crippen LogP contribution in [0.15, 0.2) is 24.3 Å². The predicted molar refractivity (Wildman–Crippen MR) is 115 cm³/mol. The summed E-state index contributed by atoms with van der Waals surface area (Å²) in [4.78, 5) is 37.0. The number of rotatable bonds is 6. The maximum atomic E-state index is 12.9. The molecule has 4 rings (SSSR count). The van der Waals surface area contributed by atoms with Crippen LogP contribution in [-0.2, 0) is 38.1 Å². The molecule has 3 aliphatic heterocycles. The number of benzene rings is 1. The van der Waals surface area contributed by atoms with E-state index in [-0.39, 0.29) is 24.5 Å². The number of anilines is 1. The van der Waals surface area contributed by atoms with E-state index in [0.717, 1.165) is 0 Å². The van der Waals surface area contributed by atoms with Crippen molar-refractivity contribution in [3.63, 3.8) is 0 Å². The number of carbonyl (C=O) groups excluding carboxylic acids is 3. The molecule has 0 aromatic heterocycles. The highest BCUT2D eigenvalue weighted by Crippen LogP contribution is 2.44. The molecule has 5 atom stereocenters. The molecule has 0 spiro atoms. The molecule has 0 saturated carbocycles. The molecule has 1 unspecified atom stereocenters. The van der Waals surface area contributed by atoms with Gasteiger partial charge in [0.05, 0.1) is 18.8 Å². The Morgan fingerprint density at radius 1 is 0.853 bits per heavy atom. The molecular formula is C22H29N3O9. The molecular weight excluding hydrogens is 450 g/mol. The molecule has 1 aromatic rings. The van der Waals surface area contributed by atoms with Crippen molar-refractivity contribution < 1.29 is 43.2 Å². The normalized spacial score (nSPS) is 30.6. The topological polar surface area (TPSA) is 154 Å². The number of carbonyl (C=O) groups is 3. The summed E-state index contributed by atoms with van der Waals surface area (Å²) < 4.78 is 29.3. The lowest BCUT2D eigenvalue weighted by Gasteiger charge is -2.36. The highest BCUT2D eigenvalue weighted by Gasteiger charge is 2.62. The fourth-order valence-corrected chi connectivity index (χ4v) is 4.11. The molecule has 3 fully saturated rings. The van der Waals surface area contributed by atoms with Crippen molar-refractivity contribution in [3.05, 3.63) is 24.3 Å². The van der Waals surface area contributed by atoms with Gasteiger partial charge in [-0.1, -0.05) is 12.1 Å². The lowest BCUT2D eigenvalue weighted by molar-refractivity contribution is -0.231. The van der Waals surface area contributed by atoms with Gasteiger partial charge in [-0.3, -0.25) is 14.4 Å². The van der Waals surface area contributed by atoms with E-state index in [1.54, 1.807) is 39.8 Å². The first kappa shape index (κ1) is 24.4. The van der Waals surface area contributed by atoms with Crippen LogP contribution < -0.4 is 16.0 Å². The summed E-state index contributed by atoms with van der Waals surface area (Å²) >= 11 is 0. The number of nitrogens with one attached hydrogen (secondary N) is 3. The average Bonchev–Trinajstić information content (AvgIpc) is 3.25. The summed E-state index contributed by atoms with van der Waals surface area (Å²) in [5.41, 5.74) is 0.223. The largest absolute Gasteiger partial charge is 0.506 e. The van der Waals surface area contributed by atoms with Gasteiger partial charge >= 0.3 is 0 Å². The first-order chi connectivity index (χ1) is 15.9. The summed E-state index contributed by atoms with van der Waals surface area (Å²) in [6, 6.07) is 6.21. The molecule has 0 radical (unpaired) electrons. The van der Waals surface area contributed by atoms with E-state index in [2.05, 4.69) is 16.0 Å². The van der Waals surface area contributed by atoms with E-state index in [4.69, 9.17) is 23.7 Å². The number of phenols is 1. The molecule has 1 aromatic carbocycles. The average molecular weight is 479 g/mol. The smallest absolute Gasteiger partial charge is 0.252 e. The Morgan fingerprint density at radius 2 is 1.47 bits per heavy atom. The highest BCUT2D eigenvalue weighted by atomic mass is 16.9. The van der Waals surface area contributed by atoms with Crippen molar-refractivity contribution in [1.82, 2.24) is 10.6 Å². The highest BCUT2D eigenvalue weighted by molar-refractivity contribution is 5.96. The van der Waals surface area contributed by atoms with Gasteiger partial charge in [-0.15, -0.1) is 0 Å². The van der Waals surface area contributed by atoms with Crippen molar-refractivity contribution in [1.29, 1.82) is 0 Å². The number of fused-ring (bicyclic) bond motifs is 3. The van der Waals surface area contributed by atoms with Crippen LogP contribution in [0.4, 0.5) is 5.69 Å². The Morgan fingerprint density at radius 3 is 2.21 bits per heavy atom.